The van der Waals surface area contributed by atoms with Crippen LogP contribution in [0, 0.1) is 5.92 Å². The molecule has 23 heavy (non-hydrogen) atoms. The SMILES string of the molecule is C=C(C)[C@@H]1CC=C(C)C(=NNC(=S)Nc2ccc(OC)cc2)C1. The van der Waals surface area contributed by atoms with Crippen LogP contribution < -0.4 is 15.5 Å². The summed E-state index contributed by atoms with van der Waals surface area (Å²) in [6.45, 7) is 8.20. The monoisotopic (exact) mass is 329 g/mol. The summed E-state index contributed by atoms with van der Waals surface area (Å²) in [6.07, 6.45) is 4.15. The summed E-state index contributed by atoms with van der Waals surface area (Å²) in [6, 6.07) is 7.57. The average Bonchev–Trinajstić information content (AvgIpc) is 2.54. The normalized spacial score (nSPS) is 19.0. The zero-order valence-corrected chi connectivity index (χ0v) is 14.7. The Kier molecular flexibility index (Phi) is 5.93. The molecule has 122 valence electrons. The Hall–Kier alpha value is -2.14. The fourth-order valence-corrected chi connectivity index (χ4v) is 2.54. The van der Waals surface area contributed by atoms with Gasteiger partial charge in [-0.25, -0.2) is 0 Å². The van der Waals surface area contributed by atoms with Crippen molar-refractivity contribution in [3.8, 4) is 5.75 Å². The molecule has 0 radical (unpaired) electrons. The van der Waals surface area contributed by atoms with Crippen LogP contribution in [0.4, 0.5) is 5.69 Å². The Balaban J connectivity index is 1.95. The van der Waals surface area contributed by atoms with Gasteiger partial charge in [-0.15, -0.1) is 0 Å². The van der Waals surface area contributed by atoms with Crippen LogP contribution in [-0.4, -0.2) is 17.9 Å². The molecule has 2 N–H and O–H groups in total. The zero-order chi connectivity index (χ0) is 16.8. The van der Waals surface area contributed by atoms with Crippen molar-refractivity contribution >= 4 is 28.7 Å². The van der Waals surface area contributed by atoms with Crippen molar-refractivity contribution in [3.63, 3.8) is 0 Å². The summed E-state index contributed by atoms with van der Waals surface area (Å²) in [5.41, 5.74) is 7.24. The van der Waals surface area contributed by atoms with Crippen LogP contribution in [0.1, 0.15) is 26.7 Å². The molecule has 0 amide bonds. The second-order valence-electron chi connectivity index (χ2n) is 5.72. The molecule has 2 rings (SSSR count). The molecule has 0 heterocycles. The summed E-state index contributed by atoms with van der Waals surface area (Å²) in [5, 5.41) is 8.02. The van der Waals surface area contributed by atoms with Crippen LogP contribution in [0.5, 0.6) is 5.75 Å². The molecule has 0 saturated carbocycles. The third-order valence-corrected chi connectivity index (χ3v) is 4.13. The molecule has 4 nitrogen and oxygen atoms in total. The fourth-order valence-electron chi connectivity index (χ4n) is 2.38. The molecule has 5 heteroatoms. The third kappa shape index (κ3) is 4.93. The second-order valence-corrected chi connectivity index (χ2v) is 6.13. The van der Waals surface area contributed by atoms with Crippen molar-refractivity contribution in [2.24, 2.45) is 11.0 Å². The molecule has 1 aromatic carbocycles. The van der Waals surface area contributed by atoms with E-state index in [1.54, 1.807) is 7.11 Å². The number of rotatable bonds is 4. The molecular formula is C18H23N3OS. The quantitative estimate of drug-likeness (QED) is 0.492. The number of benzene rings is 1. The van der Waals surface area contributed by atoms with Crippen LogP contribution in [0.2, 0.25) is 0 Å². The van der Waals surface area contributed by atoms with Gasteiger partial charge in [0, 0.05) is 5.69 Å². The first-order valence-electron chi connectivity index (χ1n) is 7.59. The highest BCUT2D eigenvalue weighted by Gasteiger charge is 2.18. The van der Waals surface area contributed by atoms with E-state index in [1.165, 1.54) is 11.1 Å². The molecular weight excluding hydrogens is 306 g/mol. The van der Waals surface area contributed by atoms with E-state index in [0.717, 1.165) is 30.0 Å². The van der Waals surface area contributed by atoms with Crippen molar-refractivity contribution in [3.05, 3.63) is 48.1 Å². The number of hydrazone groups is 1. The maximum atomic E-state index is 5.29. The predicted molar refractivity (Wildman–Crippen MR) is 101 cm³/mol. The number of nitrogens with one attached hydrogen (secondary N) is 2. The molecule has 0 bridgehead atoms. The third-order valence-electron chi connectivity index (χ3n) is 3.94. The smallest absolute Gasteiger partial charge is 0.191 e. The van der Waals surface area contributed by atoms with Gasteiger partial charge >= 0.3 is 0 Å². The Morgan fingerprint density at radius 2 is 2.04 bits per heavy atom. The zero-order valence-electron chi connectivity index (χ0n) is 13.8. The lowest BCUT2D eigenvalue weighted by Gasteiger charge is -2.22. The van der Waals surface area contributed by atoms with Crippen LogP contribution in [0.25, 0.3) is 0 Å². The van der Waals surface area contributed by atoms with E-state index < -0.39 is 0 Å². The minimum atomic E-state index is 0.461. The Labute approximate surface area is 143 Å². The molecule has 0 fully saturated rings. The maximum Gasteiger partial charge on any atom is 0.191 e. The minimum Gasteiger partial charge on any atom is -0.497 e. The summed E-state index contributed by atoms with van der Waals surface area (Å²) in [4.78, 5) is 0. The maximum absolute atomic E-state index is 5.29. The molecule has 0 unspecified atom stereocenters. The van der Waals surface area contributed by atoms with Gasteiger partial charge < -0.3 is 10.1 Å². The minimum absolute atomic E-state index is 0.461. The summed E-state index contributed by atoms with van der Waals surface area (Å²) in [7, 11) is 1.64. The van der Waals surface area contributed by atoms with E-state index in [9.17, 15) is 0 Å². The highest BCUT2D eigenvalue weighted by Crippen LogP contribution is 2.26. The van der Waals surface area contributed by atoms with Gasteiger partial charge in [-0.05, 0) is 74.7 Å². The molecule has 1 aliphatic rings. The molecule has 0 saturated heterocycles. The van der Waals surface area contributed by atoms with Crippen LogP contribution in [0.3, 0.4) is 0 Å². The molecule has 1 atom stereocenters. The Morgan fingerprint density at radius 1 is 1.35 bits per heavy atom. The van der Waals surface area contributed by atoms with Crippen molar-refractivity contribution in [2.45, 2.75) is 26.7 Å². The van der Waals surface area contributed by atoms with Crippen LogP contribution in [-0.2, 0) is 0 Å². The number of methoxy groups -OCH3 is 1. The van der Waals surface area contributed by atoms with E-state index in [4.69, 9.17) is 17.0 Å². The lowest BCUT2D eigenvalue weighted by molar-refractivity contribution is 0.415. The fraction of sp³-hybridized carbons (Fsp3) is 0.333. The van der Waals surface area contributed by atoms with E-state index in [1.807, 2.05) is 24.3 Å². The van der Waals surface area contributed by atoms with Gasteiger partial charge in [0.05, 0.1) is 12.8 Å². The topological polar surface area (TPSA) is 45.7 Å². The molecule has 0 spiro atoms. The van der Waals surface area contributed by atoms with Gasteiger partial charge in [0.15, 0.2) is 5.11 Å². The van der Waals surface area contributed by atoms with E-state index >= 15 is 0 Å². The molecule has 0 aliphatic heterocycles. The Bertz CT molecular complexity index is 647. The summed E-state index contributed by atoms with van der Waals surface area (Å²) < 4.78 is 5.13. The Morgan fingerprint density at radius 3 is 2.65 bits per heavy atom. The van der Waals surface area contributed by atoms with Gasteiger partial charge in [0.2, 0.25) is 0 Å². The van der Waals surface area contributed by atoms with Crippen molar-refractivity contribution < 1.29 is 4.74 Å². The van der Waals surface area contributed by atoms with Crippen LogP contribution >= 0.6 is 12.2 Å². The van der Waals surface area contributed by atoms with Gasteiger partial charge in [0.1, 0.15) is 5.75 Å². The van der Waals surface area contributed by atoms with Crippen molar-refractivity contribution in [1.82, 2.24) is 5.43 Å². The highest BCUT2D eigenvalue weighted by atomic mass is 32.1. The molecule has 0 aromatic heterocycles. The molecule has 1 aliphatic carbocycles. The predicted octanol–water partition coefficient (Wildman–Crippen LogP) is 4.27. The first-order valence-corrected chi connectivity index (χ1v) is 8.00. The first-order chi connectivity index (χ1) is 11.0. The number of hydrogen-bond acceptors (Lipinski definition) is 3. The van der Waals surface area contributed by atoms with Crippen molar-refractivity contribution in [1.29, 1.82) is 0 Å². The number of nitrogens with zero attached hydrogens (tertiary/aromatic N) is 1. The second kappa shape index (κ2) is 7.92. The highest BCUT2D eigenvalue weighted by molar-refractivity contribution is 7.80. The number of ether oxygens (including phenoxy) is 1. The van der Waals surface area contributed by atoms with Gasteiger partial charge in [-0.2, -0.15) is 5.10 Å². The van der Waals surface area contributed by atoms with Crippen molar-refractivity contribution in [2.75, 3.05) is 12.4 Å². The number of thiocarbonyl (C=S) groups is 1. The van der Waals surface area contributed by atoms with Gasteiger partial charge in [0.25, 0.3) is 0 Å². The molecule has 1 aromatic rings. The lowest BCUT2D eigenvalue weighted by atomic mass is 9.85. The first kappa shape index (κ1) is 17.2. The van der Waals surface area contributed by atoms with Gasteiger partial charge in [-0.1, -0.05) is 18.2 Å². The summed E-state index contributed by atoms with van der Waals surface area (Å²) >= 11 is 5.29. The number of anilines is 1. The summed E-state index contributed by atoms with van der Waals surface area (Å²) in [5.74, 6) is 1.27. The number of hydrogen-bond donors (Lipinski definition) is 2. The average molecular weight is 329 g/mol. The van der Waals surface area contributed by atoms with Gasteiger partial charge in [-0.3, -0.25) is 5.43 Å². The van der Waals surface area contributed by atoms with E-state index in [2.05, 4.69) is 42.3 Å². The largest absolute Gasteiger partial charge is 0.497 e. The van der Waals surface area contributed by atoms with E-state index in [0.29, 0.717) is 11.0 Å². The van der Waals surface area contributed by atoms with E-state index in [-0.39, 0.29) is 0 Å². The lowest BCUT2D eigenvalue weighted by Crippen LogP contribution is -2.26. The number of allylic oxidation sites excluding steroid dienone is 3. The van der Waals surface area contributed by atoms with Crippen LogP contribution in [0.15, 0.2) is 53.2 Å². The standard InChI is InChI=1S/C18H23N3OS/c1-12(2)14-6-5-13(3)17(11-14)20-21-18(23)19-15-7-9-16(22-4)10-8-15/h5,7-10,14H,1,6,11H2,2-4H3,(H2,19,21,23)/t14-/m1/s1.